The normalized spacial score (nSPS) is 11.5. The number of alkyl carbamates (subject to hydrolysis) is 1. The zero-order valence-corrected chi connectivity index (χ0v) is 10.4. The smallest absolute Gasteiger partial charge is 0.407 e. The fourth-order valence-corrected chi connectivity index (χ4v) is 1.13. The summed E-state index contributed by atoms with van der Waals surface area (Å²) >= 11 is 0. The summed E-state index contributed by atoms with van der Waals surface area (Å²) in [6.07, 6.45) is 6.82. The maximum Gasteiger partial charge on any atom is 0.407 e. The van der Waals surface area contributed by atoms with Crippen LogP contribution in [0.1, 0.15) is 26.3 Å². The quantitative estimate of drug-likeness (QED) is 0.874. The minimum Gasteiger partial charge on any atom is -0.444 e. The molecule has 0 spiro atoms. The van der Waals surface area contributed by atoms with Crippen molar-refractivity contribution in [3.05, 3.63) is 36.2 Å². The molecule has 0 saturated carbocycles. The second-order valence-electron chi connectivity index (χ2n) is 4.57. The second-order valence-corrected chi connectivity index (χ2v) is 4.57. The molecule has 0 aliphatic heterocycles. The maximum absolute atomic E-state index is 11.3. The van der Waals surface area contributed by atoms with Crippen molar-refractivity contribution >= 4 is 12.2 Å². The first-order chi connectivity index (χ1) is 7.97. The molecule has 17 heavy (non-hydrogen) atoms. The van der Waals surface area contributed by atoms with Gasteiger partial charge in [-0.15, -0.1) is 0 Å². The molecule has 4 heteroatoms. The third kappa shape index (κ3) is 6.35. The Kier molecular flexibility index (Phi) is 4.69. The van der Waals surface area contributed by atoms with Crippen LogP contribution in [0.3, 0.4) is 0 Å². The first-order valence-corrected chi connectivity index (χ1v) is 5.51. The third-order valence-corrected chi connectivity index (χ3v) is 1.78. The lowest BCUT2D eigenvalue weighted by Gasteiger charge is -2.19. The number of nitrogens with zero attached hydrogens (tertiary/aromatic N) is 1. The topological polar surface area (TPSA) is 51.2 Å². The van der Waals surface area contributed by atoms with Gasteiger partial charge in [-0.05, 0) is 38.5 Å². The molecule has 1 aromatic rings. The number of hydrogen-bond acceptors (Lipinski definition) is 3. The summed E-state index contributed by atoms with van der Waals surface area (Å²) in [4.78, 5) is 15.2. The monoisotopic (exact) mass is 234 g/mol. The van der Waals surface area contributed by atoms with Gasteiger partial charge in [-0.1, -0.05) is 12.2 Å². The molecule has 1 aromatic heterocycles. The van der Waals surface area contributed by atoms with Gasteiger partial charge < -0.3 is 10.1 Å². The highest BCUT2D eigenvalue weighted by molar-refractivity contribution is 5.68. The van der Waals surface area contributed by atoms with E-state index in [1.165, 1.54) is 0 Å². The average Bonchev–Trinajstić information content (AvgIpc) is 2.23. The molecule has 0 aliphatic carbocycles. The number of carbonyl (C=O) groups excluding carboxylic acids is 1. The van der Waals surface area contributed by atoms with E-state index < -0.39 is 11.7 Å². The van der Waals surface area contributed by atoms with Crippen molar-refractivity contribution in [2.24, 2.45) is 0 Å². The van der Waals surface area contributed by atoms with E-state index in [0.29, 0.717) is 6.54 Å². The molecule has 1 heterocycles. The minimum atomic E-state index is -0.459. The van der Waals surface area contributed by atoms with E-state index >= 15 is 0 Å². The maximum atomic E-state index is 11.3. The molecule has 92 valence electrons. The highest BCUT2D eigenvalue weighted by Gasteiger charge is 2.14. The average molecular weight is 234 g/mol. The van der Waals surface area contributed by atoms with Crippen LogP contribution < -0.4 is 5.32 Å². The summed E-state index contributed by atoms with van der Waals surface area (Å²) in [5.74, 6) is 0. The van der Waals surface area contributed by atoms with Gasteiger partial charge in [-0.25, -0.2) is 4.79 Å². The molecule has 1 amide bonds. The Morgan fingerprint density at radius 1 is 1.41 bits per heavy atom. The van der Waals surface area contributed by atoms with Gasteiger partial charge >= 0.3 is 6.09 Å². The van der Waals surface area contributed by atoms with E-state index in [1.54, 1.807) is 12.4 Å². The van der Waals surface area contributed by atoms with Crippen LogP contribution in [-0.4, -0.2) is 23.2 Å². The van der Waals surface area contributed by atoms with Crippen LogP contribution in [0.25, 0.3) is 6.08 Å². The van der Waals surface area contributed by atoms with Crippen LogP contribution in [0, 0.1) is 0 Å². The summed E-state index contributed by atoms with van der Waals surface area (Å²) in [6.45, 7) is 5.94. The summed E-state index contributed by atoms with van der Waals surface area (Å²) in [5, 5.41) is 2.65. The van der Waals surface area contributed by atoms with E-state index in [9.17, 15) is 4.79 Å². The molecule has 0 atom stereocenters. The van der Waals surface area contributed by atoms with Crippen molar-refractivity contribution in [2.75, 3.05) is 6.54 Å². The van der Waals surface area contributed by atoms with Gasteiger partial charge in [0.2, 0.25) is 0 Å². The molecular weight excluding hydrogens is 216 g/mol. The summed E-state index contributed by atoms with van der Waals surface area (Å²) < 4.78 is 5.10. The van der Waals surface area contributed by atoms with Crippen LogP contribution in [0.5, 0.6) is 0 Å². The zero-order chi connectivity index (χ0) is 12.7. The predicted molar refractivity (Wildman–Crippen MR) is 67.5 cm³/mol. The van der Waals surface area contributed by atoms with Crippen molar-refractivity contribution in [1.82, 2.24) is 10.3 Å². The number of carbonyl (C=O) groups is 1. The van der Waals surface area contributed by atoms with E-state index in [-0.39, 0.29) is 0 Å². The molecule has 0 unspecified atom stereocenters. The fraction of sp³-hybridized carbons (Fsp3) is 0.385. The molecular formula is C13H18N2O2. The Morgan fingerprint density at radius 2 is 2.06 bits per heavy atom. The molecule has 0 saturated heterocycles. The van der Waals surface area contributed by atoms with Crippen LogP contribution in [-0.2, 0) is 4.74 Å². The van der Waals surface area contributed by atoms with E-state index in [2.05, 4.69) is 10.3 Å². The summed E-state index contributed by atoms with van der Waals surface area (Å²) in [6, 6.07) is 3.79. The lowest BCUT2D eigenvalue weighted by Crippen LogP contribution is -2.32. The zero-order valence-electron chi connectivity index (χ0n) is 10.4. The first kappa shape index (κ1) is 13.2. The lowest BCUT2D eigenvalue weighted by atomic mass is 10.2. The third-order valence-electron chi connectivity index (χ3n) is 1.78. The number of hydrogen-bond donors (Lipinski definition) is 1. The molecule has 0 fully saturated rings. The molecule has 0 bridgehead atoms. The molecule has 1 rings (SSSR count). The molecule has 4 nitrogen and oxygen atoms in total. The van der Waals surface area contributed by atoms with Gasteiger partial charge in [0.05, 0.1) is 0 Å². The van der Waals surface area contributed by atoms with Crippen molar-refractivity contribution in [2.45, 2.75) is 26.4 Å². The Morgan fingerprint density at radius 3 is 2.65 bits per heavy atom. The van der Waals surface area contributed by atoms with Crippen LogP contribution >= 0.6 is 0 Å². The molecule has 0 aromatic carbocycles. The van der Waals surface area contributed by atoms with Gasteiger partial charge in [0.15, 0.2) is 0 Å². The van der Waals surface area contributed by atoms with Gasteiger partial charge in [0.1, 0.15) is 5.60 Å². The highest BCUT2D eigenvalue weighted by atomic mass is 16.6. The predicted octanol–water partition coefficient (Wildman–Crippen LogP) is 2.62. The van der Waals surface area contributed by atoms with Gasteiger partial charge in [-0.3, -0.25) is 4.98 Å². The number of amides is 1. The lowest BCUT2D eigenvalue weighted by molar-refractivity contribution is 0.0534. The van der Waals surface area contributed by atoms with Gasteiger partial charge in [0, 0.05) is 18.9 Å². The van der Waals surface area contributed by atoms with Crippen molar-refractivity contribution < 1.29 is 9.53 Å². The van der Waals surface area contributed by atoms with E-state index in [0.717, 1.165) is 5.56 Å². The van der Waals surface area contributed by atoms with Crippen LogP contribution in [0.2, 0.25) is 0 Å². The number of ether oxygens (including phenoxy) is 1. The Hall–Kier alpha value is -1.84. The standard InChI is InChI=1S/C13H18N2O2/c1-13(2,3)17-12(16)15-8-4-5-11-6-9-14-10-7-11/h4-7,9-10H,8H2,1-3H3,(H,15,16). The number of rotatable bonds is 3. The first-order valence-electron chi connectivity index (χ1n) is 5.51. The van der Waals surface area contributed by atoms with Gasteiger partial charge in [0.25, 0.3) is 0 Å². The number of nitrogens with one attached hydrogen (secondary N) is 1. The molecule has 0 aliphatic rings. The summed E-state index contributed by atoms with van der Waals surface area (Å²) in [5.41, 5.74) is 0.588. The van der Waals surface area contributed by atoms with Crippen molar-refractivity contribution in [1.29, 1.82) is 0 Å². The van der Waals surface area contributed by atoms with Crippen LogP contribution in [0.15, 0.2) is 30.6 Å². The van der Waals surface area contributed by atoms with E-state index in [4.69, 9.17) is 4.74 Å². The highest BCUT2D eigenvalue weighted by Crippen LogP contribution is 2.06. The van der Waals surface area contributed by atoms with Crippen LogP contribution in [0.4, 0.5) is 4.79 Å². The van der Waals surface area contributed by atoms with Crippen molar-refractivity contribution in [3.63, 3.8) is 0 Å². The second kappa shape index (κ2) is 6.03. The molecule has 1 N–H and O–H groups in total. The Labute approximate surface area is 102 Å². The van der Waals surface area contributed by atoms with Crippen molar-refractivity contribution in [3.8, 4) is 0 Å². The number of aromatic nitrogens is 1. The fourth-order valence-electron chi connectivity index (χ4n) is 1.13. The van der Waals surface area contributed by atoms with Gasteiger partial charge in [-0.2, -0.15) is 0 Å². The van der Waals surface area contributed by atoms with E-state index in [1.807, 2.05) is 45.1 Å². The number of pyridine rings is 1. The Balaban J connectivity index is 2.29. The molecule has 0 radical (unpaired) electrons. The SMILES string of the molecule is CC(C)(C)OC(=O)NCC=Cc1ccncc1. The minimum absolute atomic E-state index is 0.406. The summed E-state index contributed by atoms with van der Waals surface area (Å²) in [7, 11) is 0. The Bertz CT molecular complexity index is 380. The largest absolute Gasteiger partial charge is 0.444 e.